The van der Waals surface area contributed by atoms with Gasteiger partial charge in [-0.25, -0.2) is 0 Å². The quantitative estimate of drug-likeness (QED) is 0.352. The van der Waals surface area contributed by atoms with Crippen molar-refractivity contribution in [3.8, 4) is 0 Å². The number of hydrogen-bond acceptors (Lipinski definition) is 1. The molecule has 1 aromatic heterocycles. The molecule has 0 fully saturated rings. The minimum atomic E-state index is 0.190. The number of hydrogen-bond donors (Lipinski definition) is 1. The normalized spacial score (nSPS) is 12.9. The highest BCUT2D eigenvalue weighted by Crippen LogP contribution is 2.36. The van der Waals surface area contributed by atoms with Crippen molar-refractivity contribution in [2.45, 2.75) is 38.6 Å². The number of halogens is 1. The molecular weight excluding hydrogens is 388 g/mol. The van der Waals surface area contributed by atoms with Crippen molar-refractivity contribution in [2.24, 2.45) is 5.73 Å². The maximum absolute atomic E-state index is 6.40. The summed E-state index contributed by atoms with van der Waals surface area (Å²) < 4.78 is 2.50. The molecule has 1 heterocycles. The zero-order valence-corrected chi connectivity index (χ0v) is 18.5. The highest BCUT2D eigenvalue weighted by Gasteiger charge is 2.22. The topological polar surface area (TPSA) is 30.9 Å². The lowest BCUT2D eigenvalue weighted by Crippen LogP contribution is -2.16. The smallest absolute Gasteiger partial charge is 0.0623 e. The van der Waals surface area contributed by atoms with Gasteiger partial charge in [-0.05, 0) is 48.7 Å². The summed E-state index contributed by atoms with van der Waals surface area (Å²) in [6.07, 6.45) is 13.9. The lowest BCUT2D eigenvalue weighted by atomic mass is 10.0. The monoisotopic (exact) mass is 418 g/mol. The van der Waals surface area contributed by atoms with Gasteiger partial charge in [0.2, 0.25) is 0 Å². The van der Waals surface area contributed by atoms with Gasteiger partial charge in [0.1, 0.15) is 0 Å². The molecule has 0 bridgehead atoms. The van der Waals surface area contributed by atoms with Gasteiger partial charge in [-0.15, -0.1) is 0 Å². The fourth-order valence-electron chi connectivity index (χ4n) is 4.19. The second kappa shape index (κ2) is 11.0. The zero-order chi connectivity index (χ0) is 21.3. The first-order valence-corrected chi connectivity index (χ1v) is 11.1. The molecule has 1 atom stereocenters. The number of rotatable bonds is 10. The van der Waals surface area contributed by atoms with E-state index in [1.165, 1.54) is 27.7 Å². The second-order valence-electron chi connectivity index (χ2n) is 7.46. The molecule has 2 aromatic carbocycles. The van der Waals surface area contributed by atoms with Crippen LogP contribution < -0.4 is 5.73 Å². The van der Waals surface area contributed by atoms with Crippen LogP contribution in [0.25, 0.3) is 10.9 Å². The predicted octanol–water partition coefficient (Wildman–Crippen LogP) is 7.03. The Morgan fingerprint density at radius 1 is 1.07 bits per heavy atom. The fourth-order valence-corrected chi connectivity index (χ4v) is 4.37. The van der Waals surface area contributed by atoms with E-state index in [9.17, 15) is 0 Å². The van der Waals surface area contributed by atoms with E-state index in [2.05, 4.69) is 72.7 Å². The molecule has 0 amide bonds. The predicted molar refractivity (Wildman–Crippen MR) is 131 cm³/mol. The van der Waals surface area contributed by atoms with Crippen molar-refractivity contribution >= 4 is 22.5 Å². The lowest BCUT2D eigenvalue weighted by molar-refractivity contribution is 0.582. The first kappa shape index (κ1) is 22.1. The second-order valence-corrected chi connectivity index (χ2v) is 7.89. The van der Waals surface area contributed by atoms with E-state index in [1.807, 2.05) is 18.2 Å². The van der Waals surface area contributed by atoms with Gasteiger partial charge in [-0.1, -0.05) is 92.2 Å². The third kappa shape index (κ3) is 4.95. The Hall–Kier alpha value is -2.55. The third-order valence-electron chi connectivity index (χ3n) is 5.41. The van der Waals surface area contributed by atoms with E-state index in [-0.39, 0.29) is 6.04 Å². The number of nitrogens with zero attached hydrogens (tertiary/aromatic N) is 1. The van der Waals surface area contributed by atoms with Gasteiger partial charge in [0.15, 0.2) is 0 Å². The molecule has 30 heavy (non-hydrogen) atoms. The number of allylic oxidation sites excluding steroid dienone is 5. The molecule has 2 nitrogen and oxygen atoms in total. The molecular formula is C27H31ClN2. The summed E-state index contributed by atoms with van der Waals surface area (Å²) >= 11 is 6.40. The number of benzene rings is 2. The number of nitrogens with two attached hydrogens (primary N) is 1. The van der Waals surface area contributed by atoms with Gasteiger partial charge < -0.3 is 10.3 Å². The lowest BCUT2D eigenvalue weighted by Gasteiger charge is -2.23. The molecule has 3 aromatic rings. The average molecular weight is 419 g/mol. The van der Waals surface area contributed by atoms with Crippen LogP contribution >= 0.6 is 11.6 Å². The van der Waals surface area contributed by atoms with Crippen LogP contribution in [0.4, 0.5) is 0 Å². The van der Waals surface area contributed by atoms with Crippen molar-refractivity contribution in [1.82, 2.24) is 4.57 Å². The fraction of sp³-hybridized carbons (Fsp3) is 0.259. The summed E-state index contributed by atoms with van der Waals surface area (Å²) in [6.45, 7) is 6.59. The largest absolute Gasteiger partial charge is 0.336 e. The van der Waals surface area contributed by atoms with E-state index >= 15 is 0 Å². The molecule has 0 aliphatic heterocycles. The van der Waals surface area contributed by atoms with Gasteiger partial charge >= 0.3 is 0 Å². The van der Waals surface area contributed by atoms with Gasteiger partial charge in [0.25, 0.3) is 0 Å². The van der Waals surface area contributed by atoms with Gasteiger partial charge in [0, 0.05) is 28.0 Å². The summed E-state index contributed by atoms with van der Waals surface area (Å²) in [5.74, 6) is 0. The van der Waals surface area contributed by atoms with Crippen molar-refractivity contribution in [3.63, 3.8) is 0 Å². The summed E-state index contributed by atoms with van der Waals surface area (Å²) in [5.41, 5.74) is 11.3. The number of aromatic nitrogens is 1. The molecule has 0 saturated heterocycles. The van der Waals surface area contributed by atoms with Gasteiger partial charge in [-0.3, -0.25) is 0 Å². The summed E-state index contributed by atoms with van der Waals surface area (Å²) in [5, 5.41) is 2.03. The van der Waals surface area contributed by atoms with E-state index in [0.29, 0.717) is 6.54 Å². The Kier molecular flexibility index (Phi) is 8.12. The highest BCUT2D eigenvalue weighted by atomic mass is 35.5. The van der Waals surface area contributed by atoms with Crippen molar-refractivity contribution in [2.75, 3.05) is 6.54 Å². The van der Waals surface area contributed by atoms with Crippen LogP contribution in [0.5, 0.6) is 0 Å². The highest BCUT2D eigenvalue weighted by molar-refractivity contribution is 6.31. The Bertz CT molecular complexity index is 1030. The third-order valence-corrected chi connectivity index (χ3v) is 5.65. The van der Waals surface area contributed by atoms with Crippen molar-refractivity contribution < 1.29 is 0 Å². The Labute approximate surface area is 185 Å². The molecule has 0 radical (unpaired) electrons. The van der Waals surface area contributed by atoms with Gasteiger partial charge in [-0.2, -0.15) is 0 Å². The molecule has 0 aliphatic carbocycles. The minimum Gasteiger partial charge on any atom is -0.336 e. The van der Waals surface area contributed by atoms with Crippen LogP contribution in [0.15, 0.2) is 85.5 Å². The molecule has 3 heteroatoms. The molecule has 1 unspecified atom stereocenters. The average Bonchev–Trinajstić information content (AvgIpc) is 3.04. The van der Waals surface area contributed by atoms with Crippen molar-refractivity contribution in [1.29, 1.82) is 0 Å². The van der Waals surface area contributed by atoms with Gasteiger partial charge in [0.05, 0.1) is 6.04 Å². The maximum atomic E-state index is 6.40. The van der Waals surface area contributed by atoms with E-state index in [4.69, 9.17) is 17.3 Å². The van der Waals surface area contributed by atoms with Crippen LogP contribution in [-0.4, -0.2) is 11.1 Å². The first-order chi connectivity index (χ1) is 14.7. The minimum absolute atomic E-state index is 0.190. The molecule has 2 N–H and O–H groups in total. The first-order valence-electron chi connectivity index (χ1n) is 10.7. The molecule has 0 aliphatic rings. The zero-order valence-electron chi connectivity index (χ0n) is 17.7. The van der Waals surface area contributed by atoms with E-state index < -0.39 is 0 Å². The van der Waals surface area contributed by atoms with E-state index in [0.717, 1.165) is 30.7 Å². The SMILES string of the molecule is C=C/C=C\C=C/CC(c1ccccc1)n1c(CCN)c(CCC)c2cc(Cl)ccc21. The summed E-state index contributed by atoms with van der Waals surface area (Å²) in [6, 6.07) is 17.2. The number of aryl methyl sites for hydroxylation is 1. The summed E-state index contributed by atoms with van der Waals surface area (Å²) in [4.78, 5) is 0. The van der Waals surface area contributed by atoms with Crippen LogP contribution in [0, 0.1) is 0 Å². The standard InChI is InChI=1S/C27H31ClN2/c1-3-5-6-7-11-15-25(21-13-9-8-10-14-21)30-26-17-16-22(28)20-24(26)23(12-4-2)27(30)18-19-29/h3,5-11,13-14,16-17,20,25H,1,4,12,15,18-19,29H2,2H3/b6-5-,11-7-. The van der Waals surface area contributed by atoms with E-state index in [1.54, 1.807) is 6.08 Å². The molecule has 156 valence electrons. The molecule has 0 spiro atoms. The Morgan fingerprint density at radius 3 is 2.57 bits per heavy atom. The number of fused-ring (bicyclic) bond motifs is 1. The summed E-state index contributed by atoms with van der Waals surface area (Å²) in [7, 11) is 0. The Balaban J connectivity index is 2.21. The molecule has 3 rings (SSSR count). The molecule has 0 saturated carbocycles. The van der Waals surface area contributed by atoms with Crippen LogP contribution in [0.1, 0.15) is 42.6 Å². The van der Waals surface area contributed by atoms with Crippen LogP contribution in [-0.2, 0) is 12.8 Å². The maximum Gasteiger partial charge on any atom is 0.0623 e. The van der Waals surface area contributed by atoms with Crippen molar-refractivity contribution in [3.05, 3.63) is 107 Å². The van der Waals surface area contributed by atoms with Crippen LogP contribution in [0.3, 0.4) is 0 Å². The van der Waals surface area contributed by atoms with Crippen LogP contribution in [0.2, 0.25) is 5.02 Å². The Morgan fingerprint density at radius 2 is 1.87 bits per heavy atom.